The fraction of sp³-hybridized carbons (Fsp3) is 0.917. The van der Waals surface area contributed by atoms with E-state index in [-0.39, 0.29) is 5.78 Å². The standard InChI is InChI=1S/C12H20O2/c13-11(12(14)10-6-7-10)8-9-4-2-1-3-5-9/h9-10,12,14H,1-8H2. The molecule has 14 heavy (non-hydrogen) atoms. The van der Waals surface area contributed by atoms with Crippen LogP contribution in [0.15, 0.2) is 0 Å². The third-order valence-corrected chi connectivity index (χ3v) is 3.61. The second kappa shape index (κ2) is 4.43. The van der Waals surface area contributed by atoms with Crippen LogP contribution in [0.1, 0.15) is 51.4 Å². The minimum absolute atomic E-state index is 0.111. The molecule has 1 atom stereocenters. The van der Waals surface area contributed by atoms with Crippen LogP contribution < -0.4 is 0 Å². The molecule has 2 heteroatoms. The van der Waals surface area contributed by atoms with Gasteiger partial charge in [-0.15, -0.1) is 0 Å². The third kappa shape index (κ3) is 2.57. The lowest BCUT2D eigenvalue weighted by Crippen LogP contribution is -2.25. The van der Waals surface area contributed by atoms with Crippen LogP contribution in [0.3, 0.4) is 0 Å². The lowest BCUT2D eigenvalue weighted by atomic mass is 9.84. The largest absolute Gasteiger partial charge is 0.385 e. The molecular formula is C12H20O2. The van der Waals surface area contributed by atoms with Crippen molar-refractivity contribution in [2.45, 2.75) is 57.5 Å². The fourth-order valence-corrected chi connectivity index (χ4v) is 2.47. The van der Waals surface area contributed by atoms with Crippen molar-refractivity contribution >= 4 is 5.78 Å². The molecule has 0 bridgehead atoms. The summed E-state index contributed by atoms with van der Waals surface area (Å²) in [5.74, 6) is 0.996. The molecule has 2 aliphatic carbocycles. The lowest BCUT2D eigenvalue weighted by molar-refractivity contribution is -0.129. The van der Waals surface area contributed by atoms with Crippen LogP contribution in [-0.2, 0) is 4.79 Å². The first kappa shape index (κ1) is 10.2. The van der Waals surface area contributed by atoms with Crippen LogP contribution in [0, 0.1) is 11.8 Å². The molecule has 2 aliphatic rings. The Labute approximate surface area is 85.7 Å². The Hall–Kier alpha value is -0.370. The maximum absolute atomic E-state index is 11.6. The Morgan fingerprint density at radius 2 is 1.79 bits per heavy atom. The predicted molar refractivity (Wildman–Crippen MR) is 54.9 cm³/mol. The van der Waals surface area contributed by atoms with Gasteiger partial charge in [0, 0.05) is 6.42 Å². The molecule has 0 aliphatic heterocycles. The van der Waals surface area contributed by atoms with Gasteiger partial charge in [0.1, 0.15) is 6.10 Å². The van der Waals surface area contributed by atoms with Gasteiger partial charge in [0.2, 0.25) is 0 Å². The zero-order valence-corrected chi connectivity index (χ0v) is 8.74. The van der Waals surface area contributed by atoms with Crippen molar-refractivity contribution < 1.29 is 9.90 Å². The highest BCUT2D eigenvalue weighted by Gasteiger charge is 2.35. The summed E-state index contributed by atoms with van der Waals surface area (Å²) in [6.07, 6.45) is 8.39. The van der Waals surface area contributed by atoms with Crippen molar-refractivity contribution in [2.24, 2.45) is 11.8 Å². The summed E-state index contributed by atoms with van der Waals surface area (Å²) < 4.78 is 0. The van der Waals surface area contributed by atoms with Crippen molar-refractivity contribution in [3.05, 3.63) is 0 Å². The monoisotopic (exact) mass is 196 g/mol. The average molecular weight is 196 g/mol. The molecule has 1 unspecified atom stereocenters. The Bertz CT molecular complexity index is 202. The summed E-state index contributed by atoms with van der Waals surface area (Å²) in [7, 11) is 0. The van der Waals surface area contributed by atoms with Crippen LogP contribution in [0.2, 0.25) is 0 Å². The van der Waals surface area contributed by atoms with Crippen molar-refractivity contribution in [3.63, 3.8) is 0 Å². The number of carbonyl (C=O) groups excluding carboxylic acids is 1. The molecule has 0 saturated heterocycles. The van der Waals surface area contributed by atoms with Gasteiger partial charge in [-0.1, -0.05) is 32.1 Å². The molecular weight excluding hydrogens is 176 g/mol. The zero-order valence-electron chi connectivity index (χ0n) is 8.74. The van der Waals surface area contributed by atoms with Gasteiger partial charge in [0.15, 0.2) is 5.78 Å². The number of Topliss-reactive ketones (excluding diaryl/α,β-unsaturated/α-hetero) is 1. The number of ketones is 1. The van der Waals surface area contributed by atoms with E-state index < -0.39 is 6.10 Å². The van der Waals surface area contributed by atoms with Crippen LogP contribution in [0.4, 0.5) is 0 Å². The van der Waals surface area contributed by atoms with E-state index in [1.165, 1.54) is 32.1 Å². The summed E-state index contributed by atoms with van der Waals surface area (Å²) in [4.78, 5) is 11.6. The number of hydrogen-bond donors (Lipinski definition) is 1. The van der Waals surface area contributed by atoms with Gasteiger partial charge in [0.25, 0.3) is 0 Å². The number of carbonyl (C=O) groups is 1. The summed E-state index contributed by atoms with van der Waals surface area (Å²) in [5.41, 5.74) is 0. The van der Waals surface area contributed by atoms with Crippen molar-refractivity contribution in [1.29, 1.82) is 0 Å². The molecule has 0 spiro atoms. The van der Waals surface area contributed by atoms with Crippen LogP contribution >= 0.6 is 0 Å². The minimum atomic E-state index is -0.628. The highest BCUT2D eigenvalue weighted by Crippen LogP contribution is 2.35. The Morgan fingerprint density at radius 3 is 2.36 bits per heavy atom. The van der Waals surface area contributed by atoms with Gasteiger partial charge in [0.05, 0.1) is 0 Å². The number of aliphatic hydroxyl groups is 1. The van der Waals surface area contributed by atoms with Crippen LogP contribution in [0.25, 0.3) is 0 Å². The molecule has 2 nitrogen and oxygen atoms in total. The van der Waals surface area contributed by atoms with Gasteiger partial charge in [-0.05, 0) is 24.7 Å². The maximum Gasteiger partial charge on any atom is 0.161 e. The van der Waals surface area contributed by atoms with Gasteiger partial charge >= 0.3 is 0 Å². The Kier molecular flexibility index (Phi) is 3.22. The average Bonchev–Trinajstić information content (AvgIpc) is 3.01. The molecule has 2 saturated carbocycles. The van der Waals surface area contributed by atoms with Crippen LogP contribution in [0.5, 0.6) is 0 Å². The number of hydrogen-bond acceptors (Lipinski definition) is 2. The molecule has 1 N–H and O–H groups in total. The topological polar surface area (TPSA) is 37.3 Å². The zero-order chi connectivity index (χ0) is 9.97. The quantitative estimate of drug-likeness (QED) is 0.749. The van der Waals surface area contributed by atoms with Gasteiger partial charge in [-0.2, -0.15) is 0 Å². The first-order valence-corrected chi connectivity index (χ1v) is 5.98. The summed E-state index contributed by atoms with van der Waals surface area (Å²) >= 11 is 0. The maximum atomic E-state index is 11.6. The number of rotatable bonds is 4. The van der Waals surface area contributed by atoms with E-state index in [2.05, 4.69) is 0 Å². The molecule has 0 amide bonds. The predicted octanol–water partition coefficient (Wildman–Crippen LogP) is 2.30. The van der Waals surface area contributed by atoms with E-state index in [0.29, 0.717) is 18.3 Å². The third-order valence-electron chi connectivity index (χ3n) is 3.61. The van der Waals surface area contributed by atoms with E-state index in [1.807, 2.05) is 0 Å². The molecule has 0 aromatic rings. The van der Waals surface area contributed by atoms with Crippen molar-refractivity contribution in [1.82, 2.24) is 0 Å². The van der Waals surface area contributed by atoms with Crippen molar-refractivity contribution in [2.75, 3.05) is 0 Å². The molecule has 0 aromatic heterocycles. The van der Waals surface area contributed by atoms with Gasteiger partial charge in [-0.3, -0.25) is 4.79 Å². The second-order valence-corrected chi connectivity index (χ2v) is 4.96. The second-order valence-electron chi connectivity index (χ2n) is 4.96. The smallest absolute Gasteiger partial charge is 0.161 e. The highest BCUT2D eigenvalue weighted by atomic mass is 16.3. The first-order valence-electron chi connectivity index (χ1n) is 5.98. The SMILES string of the molecule is O=C(CC1CCCCC1)C(O)C1CC1. The van der Waals surface area contributed by atoms with E-state index in [4.69, 9.17) is 0 Å². The minimum Gasteiger partial charge on any atom is -0.385 e. The fourth-order valence-electron chi connectivity index (χ4n) is 2.47. The first-order chi connectivity index (χ1) is 6.77. The molecule has 80 valence electrons. The molecule has 0 aromatic carbocycles. The molecule has 0 radical (unpaired) electrons. The molecule has 0 heterocycles. The lowest BCUT2D eigenvalue weighted by Gasteiger charge is -2.21. The number of aliphatic hydroxyl groups excluding tert-OH is 1. The van der Waals surface area contributed by atoms with Gasteiger partial charge < -0.3 is 5.11 Å². The van der Waals surface area contributed by atoms with E-state index in [1.54, 1.807) is 0 Å². The normalized spacial score (nSPS) is 26.1. The highest BCUT2D eigenvalue weighted by molar-refractivity contribution is 5.83. The summed E-state index contributed by atoms with van der Waals surface area (Å²) in [5, 5.41) is 9.64. The van der Waals surface area contributed by atoms with Gasteiger partial charge in [-0.25, -0.2) is 0 Å². The molecule has 2 rings (SSSR count). The Balaban J connectivity index is 1.74. The summed E-state index contributed by atoms with van der Waals surface area (Å²) in [6, 6.07) is 0. The van der Waals surface area contributed by atoms with E-state index >= 15 is 0 Å². The van der Waals surface area contributed by atoms with Crippen molar-refractivity contribution in [3.8, 4) is 0 Å². The Morgan fingerprint density at radius 1 is 1.14 bits per heavy atom. The molecule has 2 fully saturated rings. The van der Waals surface area contributed by atoms with E-state index in [0.717, 1.165) is 12.8 Å². The van der Waals surface area contributed by atoms with Crippen LogP contribution in [-0.4, -0.2) is 17.0 Å². The summed E-state index contributed by atoms with van der Waals surface area (Å²) in [6.45, 7) is 0. The van der Waals surface area contributed by atoms with E-state index in [9.17, 15) is 9.90 Å².